The monoisotopic (exact) mass is 339 g/mol. The van der Waals surface area contributed by atoms with Crippen molar-refractivity contribution in [3.63, 3.8) is 0 Å². The van der Waals surface area contributed by atoms with Crippen molar-refractivity contribution in [3.8, 4) is 5.75 Å². The summed E-state index contributed by atoms with van der Waals surface area (Å²) in [6, 6.07) is 5.79. The van der Waals surface area contributed by atoms with Crippen molar-refractivity contribution < 1.29 is 13.2 Å². The first kappa shape index (κ1) is 14.5. The number of sulfonamides is 1. The standard InChI is InChI=1S/C12H10ClN5O3S/c1-21-10-4-3-8(7-9(10)13)22(19,20)17-11-15-12-14-5-2-6-18(12)16-11/h2-7H,1H3,(H,16,17). The number of hydrogen-bond acceptors (Lipinski definition) is 6. The van der Waals surface area contributed by atoms with E-state index in [9.17, 15) is 8.42 Å². The van der Waals surface area contributed by atoms with Crippen LogP contribution in [0.3, 0.4) is 0 Å². The maximum Gasteiger partial charge on any atom is 0.264 e. The Kier molecular flexibility index (Phi) is 3.59. The molecule has 2 heterocycles. The van der Waals surface area contributed by atoms with Gasteiger partial charge in [0.25, 0.3) is 21.7 Å². The van der Waals surface area contributed by atoms with Gasteiger partial charge < -0.3 is 4.74 Å². The van der Waals surface area contributed by atoms with E-state index in [1.165, 1.54) is 36.0 Å². The molecule has 0 bridgehead atoms. The number of nitrogens with zero attached hydrogens (tertiary/aromatic N) is 4. The largest absolute Gasteiger partial charge is 0.495 e. The fourth-order valence-electron chi connectivity index (χ4n) is 1.77. The molecule has 8 nitrogen and oxygen atoms in total. The molecule has 22 heavy (non-hydrogen) atoms. The Morgan fingerprint density at radius 2 is 2.18 bits per heavy atom. The summed E-state index contributed by atoms with van der Waals surface area (Å²) in [5.41, 5.74) is 0. The Hall–Kier alpha value is -2.39. The molecule has 0 aliphatic rings. The highest BCUT2D eigenvalue weighted by atomic mass is 35.5. The van der Waals surface area contributed by atoms with Crippen LogP contribution in [-0.4, -0.2) is 35.1 Å². The van der Waals surface area contributed by atoms with Crippen molar-refractivity contribution in [2.24, 2.45) is 0 Å². The molecule has 2 aromatic heterocycles. The Labute approximate surface area is 130 Å². The third-order valence-electron chi connectivity index (χ3n) is 2.78. The van der Waals surface area contributed by atoms with Gasteiger partial charge in [-0.2, -0.15) is 4.98 Å². The van der Waals surface area contributed by atoms with Crippen molar-refractivity contribution in [1.29, 1.82) is 0 Å². The van der Waals surface area contributed by atoms with Crippen molar-refractivity contribution >= 4 is 33.4 Å². The van der Waals surface area contributed by atoms with Crippen molar-refractivity contribution in [2.75, 3.05) is 11.8 Å². The van der Waals surface area contributed by atoms with Crippen LogP contribution in [0.1, 0.15) is 0 Å². The molecule has 0 saturated carbocycles. The highest BCUT2D eigenvalue weighted by Gasteiger charge is 2.18. The van der Waals surface area contributed by atoms with Gasteiger partial charge in [-0.25, -0.2) is 22.6 Å². The van der Waals surface area contributed by atoms with E-state index in [2.05, 4.69) is 19.8 Å². The summed E-state index contributed by atoms with van der Waals surface area (Å²) in [7, 11) is -2.42. The average molecular weight is 340 g/mol. The minimum atomic E-state index is -3.86. The minimum Gasteiger partial charge on any atom is -0.495 e. The van der Waals surface area contributed by atoms with Crippen LogP contribution in [0.2, 0.25) is 5.02 Å². The number of fused-ring (bicyclic) bond motifs is 1. The van der Waals surface area contributed by atoms with Crippen LogP contribution in [0, 0.1) is 0 Å². The molecule has 0 radical (unpaired) electrons. The summed E-state index contributed by atoms with van der Waals surface area (Å²) >= 11 is 5.94. The second-order valence-electron chi connectivity index (χ2n) is 4.20. The van der Waals surface area contributed by atoms with Gasteiger partial charge in [0.1, 0.15) is 5.75 Å². The molecule has 1 N–H and O–H groups in total. The molecule has 0 atom stereocenters. The van der Waals surface area contributed by atoms with Crippen LogP contribution >= 0.6 is 11.6 Å². The lowest BCUT2D eigenvalue weighted by Gasteiger charge is -2.07. The van der Waals surface area contributed by atoms with E-state index in [-0.39, 0.29) is 21.6 Å². The molecule has 0 spiro atoms. The maximum atomic E-state index is 12.3. The van der Waals surface area contributed by atoms with E-state index in [1.807, 2.05) is 0 Å². The third kappa shape index (κ3) is 2.68. The lowest BCUT2D eigenvalue weighted by atomic mass is 10.3. The molecule has 0 fully saturated rings. The molecule has 0 aliphatic carbocycles. The number of anilines is 1. The molecule has 114 valence electrons. The zero-order valence-corrected chi connectivity index (χ0v) is 12.8. The lowest BCUT2D eigenvalue weighted by molar-refractivity contribution is 0.414. The van der Waals surface area contributed by atoms with E-state index in [0.29, 0.717) is 5.75 Å². The highest BCUT2D eigenvalue weighted by Crippen LogP contribution is 2.27. The molecule has 0 unspecified atom stereocenters. The zero-order chi connectivity index (χ0) is 15.7. The number of rotatable bonds is 4. The fourth-order valence-corrected chi connectivity index (χ4v) is 3.06. The second kappa shape index (κ2) is 5.43. The Bertz CT molecular complexity index is 908. The average Bonchev–Trinajstić information content (AvgIpc) is 2.88. The molecule has 10 heteroatoms. The molecule has 0 aliphatic heterocycles. The summed E-state index contributed by atoms with van der Waals surface area (Å²) in [5, 5.41) is 4.16. The topological polar surface area (TPSA) is 98.5 Å². The summed E-state index contributed by atoms with van der Waals surface area (Å²) in [6.07, 6.45) is 3.14. The summed E-state index contributed by atoms with van der Waals surface area (Å²) in [4.78, 5) is 7.91. The van der Waals surface area contributed by atoms with Crippen LogP contribution < -0.4 is 9.46 Å². The van der Waals surface area contributed by atoms with Gasteiger partial charge in [0.05, 0.1) is 17.0 Å². The molecule has 0 saturated heterocycles. The van der Waals surface area contributed by atoms with Gasteiger partial charge in [0.15, 0.2) is 0 Å². The molecule has 3 aromatic rings. The molecular weight excluding hydrogens is 330 g/mol. The number of benzene rings is 1. The predicted octanol–water partition coefficient (Wildman–Crippen LogP) is 1.59. The van der Waals surface area contributed by atoms with Crippen LogP contribution in [0.5, 0.6) is 5.75 Å². The van der Waals surface area contributed by atoms with E-state index >= 15 is 0 Å². The van der Waals surface area contributed by atoms with Gasteiger partial charge in [-0.3, -0.25) is 0 Å². The fraction of sp³-hybridized carbons (Fsp3) is 0.0833. The van der Waals surface area contributed by atoms with Crippen molar-refractivity contribution in [2.45, 2.75) is 4.90 Å². The quantitative estimate of drug-likeness (QED) is 0.775. The first-order valence-corrected chi connectivity index (χ1v) is 7.89. The van der Waals surface area contributed by atoms with Gasteiger partial charge in [-0.15, -0.1) is 5.10 Å². The number of ether oxygens (including phenoxy) is 1. The first-order chi connectivity index (χ1) is 10.5. The lowest BCUT2D eigenvalue weighted by Crippen LogP contribution is -2.14. The van der Waals surface area contributed by atoms with E-state index in [0.717, 1.165) is 0 Å². The first-order valence-electron chi connectivity index (χ1n) is 6.03. The highest BCUT2D eigenvalue weighted by molar-refractivity contribution is 7.92. The zero-order valence-electron chi connectivity index (χ0n) is 11.3. The SMILES string of the molecule is COc1ccc(S(=O)(=O)Nc2nc3ncccn3n2)cc1Cl. The van der Waals surface area contributed by atoms with Crippen LogP contribution in [-0.2, 0) is 10.0 Å². The normalized spacial score (nSPS) is 11.5. The number of halogens is 1. The van der Waals surface area contributed by atoms with Gasteiger partial charge in [0.2, 0.25) is 0 Å². The molecular formula is C12H10ClN5O3S. The smallest absolute Gasteiger partial charge is 0.264 e. The van der Waals surface area contributed by atoms with Crippen molar-refractivity contribution in [3.05, 3.63) is 41.7 Å². The third-order valence-corrected chi connectivity index (χ3v) is 4.40. The Morgan fingerprint density at radius 3 is 2.86 bits per heavy atom. The molecule has 1 aromatic carbocycles. The summed E-state index contributed by atoms with van der Waals surface area (Å²) in [5.74, 6) is 0.592. The number of hydrogen-bond donors (Lipinski definition) is 1. The van der Waals surface area contributed by atoms with Crippen molar-refractivity contribution in [1.82, 2.24) is 19.6 Å². The molecule has 3 rings (SSSR count). The second-order valence-corrected chi connectivity index (χ2v) is 6.29. The summed E-state index contributed by atoms with van der Waals surface area (Å²) < 4.78 is 33.2. The van der Waals surface area contributed by atoms with Crippen LogP contribution in [0.25, 0.3) is 5.78 Å². The van der Waals surface area contributed by atoms with Gasteiger partial charge in [-0.05, 0) is 24.3 Å². The van der Waals surface area contributed by atoms with Crippen LogP contribution in [0.15, 0.2) is 41.6 Å². The van der Waals surface area contributed by atoms with Gasteiger partial charge in [0, 0.05) is 12.4 Å². The Morgan fingerprint density at radius 1 is 1.36 bits per heavy atom. The number of nitrogens with one attached hydrogen (secondary N) is 1. The predicted molar refractivity (Wildman–Crippen MR) is 79.6 cm³/mol. The number of methoxy groups -OCH3 is 1. The maximum absolute atomic E-state index is 12.3. The van der Waals surface area contributed by atoms with Crippen LogP contribution in [0.4, 0.5) is 5.95 Å². The molecule has 0 amide bonds. The summed E-state index contributed by atoms with van der Waals surface area (Å²) in [6.45, 7) is 0. The Balaban J connectivity index is 1.94. The van der Waals surface area contributed by atoms with E-state index < -0.39 is 10.0 Å². The minimum absolute atomic E-state index is 0.0230. The number of aromatic nitrogens is 4. The van der Waals surface area contributed by atoms with E-state index in [4.69, 9.17) is 16.3 Å². The van der Waals surface area contributed by atoms with Gasteiger partial charge >= 0.3 is 0 Å². The van der Waals surface area contributed by atoms with Gasteiger partial charge in [-0.1, -0.05) is 11.6 Å². The van der Waals surface area contributed by atoms with E-state index in [1.54, 1.807) is 12.3 Å².